The van der Waals surface area contributed by atoms with Gasteiger partial charge < -0.3 is 11.1 Å². The average molecular weight is 249 g/mol. The fraction of sp³-hybridized carbons (Fsp3) is 0.917. The first-order valence-electron chi connectivity index (χ1n) is 6.08. The van der Waals surface area contributed by atoms with Crippen LogP contribution in [0.1, 0.15) is 40.0 Å². The van der Waals surface area contributed by atoms with Gasteiger partial charge in [-0.2, -0.15) is 0 Å². The Labute approximate surface area is 105 Å². The van der Waals surface area contributed by atoms with Crippen molar-refractivity contribution in [3.8, 4) is 0 Å². The van der Waals surface area contributed by atoms with Crippen LogP contribution in [0, 0.1) is 17.3 Å². The van der Waals surface area contributed by atoms with E-state index < -0.39 is 0 Å². The fourth-order valence-corrected chi connectivity index (χ4v) is 2.05. The molecule has 16 heavy (non-hydrogen) atoms. The van der Waals surface area contributed by atoms with Crippen LogP contribution >= 0.6 is 12.4 Å². The predicted molar refractivity (Wildman–Crippen MR) is 69.6 cm³/mol. The lowest BCUT2D eigenvalue weighted by molar-refractivity contribution is -0.131. The number of rotatable bonds is 6. The van der Waals surface area contributed by atoms with Gasteiger partial charge in [-0.15, -0.1) is 12.4 Å². The number of hydrogen-bond acceptors (Lipinski definition) is 2. The third-order valence-corrected chi connectivity index (χ3v) is 4.03. The first-order valence-corrected chi connectivity index (χ1v) is 6.08. The van der Waals surface area contributed by atoms with Gasteiger partial charge in [0.25, 0.3) is 0 Å². The number of carbonyl (C=O) groups excluding carboxylic acids is 1. The van der Waals surface area contributed by atoms with Crippen molar-refractivity contribution in [1.29, 1.82) is 0 Å². The van der Waals surface area contributed by atoms with Gasteiger partial charge in [-0.25, -0.2) is 0 Å². The summed E-state index contributed by atoms with van der Waals surface area (Å²) in [5.74, 6) is 1.65. The van der Waals surface area contributed by atoms with Gasteiger partial charge in [0.15, 0.2) is 0 Å². The van der Waals surface area contributed by atoms with E-state index in [0.29, 0.717) is 12.5 Å². The molecule has 3 nitrogen and oxygen atoms in total. The van der Waals surface area contributed by atoms with Crippen molar-refractivity contribution in [3.05, 3.63) is 0 Å². The van der Waals surface area contributed by atoms with Crippen LogP contribution < -0.4 is 11.1 Å². The lowest BCUT2D eigenvalue weighted by Crippen LogP contribution is -2.45. The molecule has 1 amide bonds. The smallest absolute Gasteiger partial charge is 0.227 e. The van der Waals surface area contributed by atoms with Gasteiger partial charge in [0.05, 0.1) is 5.41 Å². The van der Waals surface area contributed by atoms with Gasteiger partial charge in [-0.3, -0.25) is 4.79 Å². The van der Waals surface area contributed by atoms with Crippen LogP contribution in [-0.2, 0) is 4.79 Å². The SMILES string of the molecule is CCC(CC)(CN)C(=O)NCC1CC1C.Cl. The van der Waals surface area contributed by atoms with Crippen LogP contribution in [0.2, 0.25) is 0 Å². The molecule has 4 heteroatoms. The topological polar surface area (TPSA) is 55.1 Å². The van der Waals surface area contributed by atoms with Gasteiger partial charge >= 0.3 is 0 Å². The second-order valence-electron chi connectivity index (χ2n) is 4.87. The second kappa shape index (κ2) is 6.45. The highest BCUT2D eigenvalue weighted by Crippen LogP contribution is 2.37. The fourth-order valence-electron chi connectivity index (χ4n) is 2.05. The van der Waals surface area contributed by atoms with Gasteiger partial charge in [0.2, 0.25) is 5.91 Å². The number of halogens is 1. The van der Waals surface area contributed by atoms with E-state index in [0.717, 1.165) is 25.3 Å². The number of nitrogens with two attached hydrogens (primary N) is 1. The predicted octanol–water partition coefficient (Wildman–Crippen LogP) is 1.95. The van der Waals surface area contributed by atoms with Crippen molar-refractivity contribution in [2.75, 3.05) is 13.1 Å². The molecule has 3 N–H and O–H groups in total. The van der Waals surface area contributed by atoms with Gasteiger partial charge in [-0.05, 0) is 31.1 Å². The zero-order valence-corrected chi connectivity index (χ0v) is 11.4. The van der Waals surface area contributed by atoms with E-state index in [1.54, 1.807) is 0 Å². The largest absolute Gasteiger partial charge is 0.355 e. The third kappa shape index (κ3) is 3.36. The first-order chi connectivity index (χ1) is 7.09. The minimum Gasteiger partial charge on any atom is -0.355 e. The van der Waals surface area contributed by atoms with Gasteiger partial charge in [-0.1, -0.05) is 20.8 Å². The minimum atomic E-state index is -0.335. The maximum absolute atomic E-state index is 12.0. The minimum absolute atomic E-state index is 0. The lowest BCUT2D eigenvalue weighted by Gasteiger charge is -2.28. The van der Waals surface area contributed by atoms with Crippen molar-refractivity contribution in [2.24, 2.45) is 23.0 Å². The molecule has 0 aromatic carbocycles. The van der Waals surface area contributed by atoms with Crippen LogP contribution in [0.5, 0.6) is 0 Å². The van der Waals surface area contributed by atoms with E-state index in [2.05, 4.69) is 12.2 Å². The number of carbonyl (C=O) groups is 1. The molecule has 1 saturated carbocycles. The highest BCUT2D eigenvalue weighted by molar-refractivity contribution is 5.85. The average Bonchev–Trinajstić information content (AvgIpc) is 2.95. The van der Waals surface area contributed by atoms with Crippen LogP contribution in [0.15, 0.2) is 0 Å². The van der Waals surface area contributed by atoms with E-state index in [-0.39, 0.29) is 23.7 Å². The normalized spacial score (nSPS) is 23.5. The summed E-state index contributed by atoms with van der Waals surface area (Å²) < 4.78 is 0. The molecule has 0 aromatic rings. The maximum atomic E-state index is 12.0. The maximum Gasteiger partial charge on any atom is 0.227 e. The van der Waals surface area contributed by atoms with Crippen molar-refractivity contribution in [2.45, 2.75) is 40.0 Å². The van der Waals surface area contributed by atoms with Crippen LogP contribution in [0.3, 0.4) is 0 Å². The van der Waals surface area contributed by atoms with Crippen molar-refractivity contribution in [3.63, 3.8) is 0 Å². The molecule has 0 spiro atoms. The number of amides is 1. The van der Waals surface area contributed by atoms with E-state index in [4.69, 9.17) is 5.73 Å². The molecule has 0 bridgehead atoms. The number of nitrogens with one attached hydrogen (secondary N) is 1. The summed E-state index contributed by atoms with van der Waals surface area (Å²) >= 11 is 0. The van der Waals surface area contributed by atoms with E-state index in [9.17, 15) is 4.79 Å². The molecule has 1 rings (SSSR count). The van der Waals surface area contributed by atoms with E-state index >= 15 is 0 Å². The molecule has 0 saturated heterocycles. The van der Waals surface area contributed by atoms with Crippen LogP contribution in [0.4, 0.5) is 0 Å². The summed E-state index contributed by atoms with van der Waals surface area (Å²) in [6.07, 6.45) is 2.91. The van der Waals surface area contributed by atoms with Crippen LogP contribution in [-0.4, -0.2) is 19.0 Å². The highest BCUT2D eigenvalue weighted by Gasteiger charge is 2.36. The summed E-state index contributed by atoms with van der Waals surface area (Å²) in [6.45, 7) is 7.59. The second-order valence-corrected chi connectivity index (χ2v) is 4.87. The van der Waals surface area contributed by atoms with Crippen LogP contribution in [0.25, 0.3) is 0 Å². The molecule has 0 aromatic heterocycles. The molecular weight excluding hydrogens is 224 g/mol. The summed E-state index contributed by atoms with van der Waals surface area (Å²) in [4.78, 5) is 12.0. The summed E-state index contributed by atoms with van der Waals surface area (Å²) in [7, 11) is 0. The molecule has 2 atom stereocenters. The Kier molecular flexibility index (Phi) is 6.34. The molecule has 0 radical (unpaired) electrons. The first kappa shape index (κ1) is 15.7. The van der Waals surface area contributed by atoms with Gasteiger partial charge in [0.1, 0.15) is 0 Å². The zero-order chi connectivity index (χ0) is 11.5. The third-order valence-electron chi connectivity index (χ3n) is 4.03. The Morgan fingerprint density at radius 1 is 1.44 bits per heavy atom. The Morgan fingerprint density at radius 2 is 1.94 bits per heavy atom. The van der Waals surface area contributed by atoms with Gasteiger partial charge in [0, 0.05) is 13.1 Å². The monoisotopic (exact) mass is 248 g/mol. The van der Waals surface area contributed by atoms with Crippen molar-refractivity contribution < 1.29 is 4.79 Å². The Bertz CT molecular complexity index is 221. The molecule has 1 fully saturated rings. The summed E-state index contributed by atoms with van der Waals surface area (Å²) in [6, 6.07) is 0. The zero-order valence-electron chi connectivity index (χ0n) is 10.6. The molecule has 0 aliphatic heterocycles. The molecular formula is C12H25ClN2O. The Morgan fingerprint density at radius 3 is 2.25 bits per heavy atom. The molecule has 0 heterocycles. The Hall–Kier alpha value is -0.280. The molecule has 1 aliphatic carbocycles. The van der Waals surface area contributed by atoms with Crippen molar-refractivity contribution in [1.82, 2.24) is 5.32 Å². The number of hydrogen-bond donors (Lipinski definition) is 2. The standard InChI is InChI=1S/C12H24N2O.ClH/c1-4-12(5-2,8-13)11(15)14-7-10-6-9(10)3;/h9-10H,4-8,13H2,1-3H3,(H,14,15);1H. The van der Waals surface area contributed by atoms with Crippen molar-refractivity contribution >= 4 is 18.3 Å². The van der Waals surface area contributed by atoms with E-state index in [1.807, 2.05) is 13.8 Å². The molecule has 2 unspecified atom stereocenters. The summed E-state index contributed by atoms with van der Waals surface area (Å²) in [5, 5.41) is 3.05. The Balaban J connectivity index is 0.00000225. The molecule has 96 valence electrons. The summed E-state index contributed by atoms with van der Waals surface area (Å²) in [5.41, 5.74) is 5.38. The molecule has 1 aliphatic rings. The lowest BCUT2D eigenvalue weighted by atomic mass is 9.81. The quantitative estimate of drug-likeness (QED) is 0.755. The highest BCUT2D eigenvalue weighted by atomic mass is 35.5. The van der Waals surface area contributed by atoms with E-state index in [1.165, 1.54) is 6.42 Å².